The standard InChI is InChI=1S/C8H9NO4S/c1-6(10)9-7-3-2-4-8(5-7)13-14(11)12/h2-5H,1H3,(H,9,10)(H,11,12)/p-1. The molecule has 0 aliphatic carbocycles. The third-order valence-electron chi connectivity index (χ3n) is 1.32. The van der Waals surface area contributed by atoms with E-state index in [1.165, 1.54) is 19.1 Å². The fourth-order valence-corrected chi connectivity index (χ4v) is 1.17. The Morgan fingerprint density at radius 1 is 1.57 bits per heavy atom. The topological polar surface area (TPSA) is 78.5 Å². The SMILES string of the molecule is CC(=O)Nc1cccc(OS(=O)[O-])c1. The Balaban J connectivity index is 2.78. The van der Waals surface area contributed by atoms with E-state index in [1.54, 1.807) is 12.1 Å². The van der Waals surface area contributed by atoms with Crippen LogP contribution >= 0.6 is 0 Å². The normalized spacial score (nSPS) is 11.9. The molecular formula is C8H8NO4S-. The van der Waals surface area contributed by atoms with Gasteiger partial charge in [-0.05, 0) is 12.1 Å². The van der Waals surface area contributed by atoms with E-state index in [0.717, 1.165) is 0 Å². The van der Waals surface area contributed by atoms with Crippen LogP contribution in [0.3, 0.4) is 0 Å². The summed E-state index contributed by atoms with van der Waals surface area (Å²) in [6.07, 6.45) is 0. The molecule has 6 heteroatoms. The minimum atomic E-state index is -2.60. The van der Waals surface area contributed by atoms with E-state index in [2.05, 4.69) is 9.50 Å². The third-order valence-corrected chi connectivity index (χ3v) is 1.65. The molecule has 1 rings (SSSR count). The third kappa shape index (κ3) is 3.55. The van der Waals surface area contributed by atoms with Crippen molar-refractivity contribution in [2.45, 2.75) is 6.92 Å². The zero-order chi connectivity index (χ0) is 10.6. The molecule has 0 saturated carbocycles. The smallest absolute Gasteiger partial charge is 0.221 e. The molecule has 1 N–H and O–H groups in total. The quantitative estimate of drug-likeness (QED) is 0.755. The van der Waals surface area contributed by atoms with E-state index >= 15 is 0 Å². The lowest BCUT2D eigenvalue weighted by Gasteiger charge is -2.08. The molecule has 1 aromatic rings. The van der Waals surface area contributed by atoms with Crippen LogP contribution in [0, 0.1) is 0 Å². The van der Waals surface area contributed by atoms with E-state index < -0.39 is 11.4 Å². The fraction of sp³-hybridized carbons (Fsp3) is 0.125. The van der Waals surface area contributed by atoms with Crippen LogP contribution in [0.5, 0.6) is 5.75 Å². The van der Waals surface area contributed by atoms with Crippen LogP contribution in [0.25, 0.3) is 0 Å². The molecule has 14 heavy (non-hydrogen) atoms. The van der Waals surface area contributed by atoms with E-state index in [0.29, 0.717) is 5.69 Å². The van der Waals surface area contributed by atoms with Gasteiger partial charge in [0.15, 0.2) is 0 Å². The minimum Gasteiger partial charge on any atom is -0.740 e. The van der Waals surface area contributed by atoms with E-state index in [9.17, 15) is 13.6 Å². The van der Waals surface area contributed by atoms with Crippen molar-refractivity contribution in [2.24, 2.45) is 0 Å². The van der Waals surface area contributed by atoms with Gasteiger partial charge in [-0.15, -0.1) is 0 Å². The number of amides is 1. The van der Waals surface area contributed by atoms with Gasteiger partial charge in [0.2, 0.25) is 5.91 Å². The molecule has 1 unspecified atom stereocenters. The average molecular weight is 214 g/mol. The van der Waals surface area contributed by atoms with E-state index in [4.69, 9.17) is 0 Å². The van der Waals surface area contributed by atoms with Crippen molar-refractivity contribution in [1.29, 1.82) is 0 Å². The maximum absolute atomic E-state index is 10.7. The van der Waals surface area contributed by atoms with Crippen molar-refractivity contribution < 1.29 is 17.7 Å². The Morgan fingerprint density at radius 2 is 2.29 bits per heavy atom. The Bertz CT molecular complexity index is 335. The molecule has 5 nitrogen and oxygen atoms in total. The second-order valence-electron chi connectivity index (χ2n) is 2.50. The molecular weight excluding hydrogens is 206 g/mol. The summed E-state index contributed by atoms with van der Waals surface area (Å²) in [5.41, 5.74) is 0.487. The molecule has 76 valence electrons. The van der Waals surface area contributed by atoms with Crippen molar-refractivity contribution >= 4 is 23.0 Å². The van der Waals surface area contributed by atoms with Gasteiger partial charge in [0.25, 0.3) is 0 Å². The summed E-state index contributed by atoms with van der Waals surface area (Å²) in [6.45, 7) is 1.36. The number of benzene rings is 1. The van der Waals surface area contributed by atoms with Crippen molar-refractivity contribution in [2.75, 3.05) is 5.32 Å². The van der Waals surface area contributed by atoms with Crippen molar-refractivity contribution in [1.82, 2.24) is 0 Å². The molecule has 0 fully saturated rings. The van der Waals surface area contributed by atoms with Crippen LogP contribution in [0.4, 0.5) is 5.69 Å². The van der Waals surface area contributed by atoms with Gasteiger partial charge in [-0.2, -0.15) is 0 Å². The molecule has 0 heterocycles. The van der Waals surface area contributed by atoms with Crippen LogP contribution in [-0.2, 0) is 16.2 Å². The van der Waals surface area contributed by atoms with Gasteiger partial charge in [0.1, 0.15) is 17.1 Å². The van der Waals surface area contributed by atoms with Crippen molar-refractivity contribution in [3.63, 3.8) is 0 Å². The van der Waals surface area contributed by atoms with Crippen LogP contribution in [0.1, 0.15) is 6.92 Å². The van der Waals surface area contributed by atoms with Gasteiger partial charge in [-0.25, -0.2) is 4.21 Å². The van der Waals surface area contributed by atoms with Crippen molar-refractivity contribution in [3.05, 3.63) is 24.3 Å². The van der Waals surface area contributed by atoms with Gasteiger partial charge < -0.3 is 14.1 Å². The monoisotopic (exact) mass is 214 g/mol. The zero-order valence-electron chi connectivity index (χ0n) is 7.35. The summed E-state index contributed by atoms with van der Waals surface area (Å²) in [7, 11) is 0. The highest BCUT2D eigenvalue weighted by atomic mass is 32.2. The van der Waals surface area contributed by atoms with Crippen LogP contribution in [0.15, 0.2) is 24.3 Å². The maximum Gasteiger partial charge on any atom is 0.221 e. The van der Waals surface area contributed by atoms with E-state index in [-0.39, 0.29) is 11.7 Å². The molecule has 1 amide bonds. The van der Waals surface area contributed by atoms with Gasteiger partial charge >= 0.3 is 0 Å². The van der Waals surface area contributed by atoms with Crippen LogP contribution < -0.4 is 9.50 Å². The lowest BCUT2D eigenvalue weighted by atomic mass is 10.3. The number of hydrogen-bond donors (Lipinski definition) is 1. The number of carbonyl (C=O) groups excluding carboxylic acids is 1. The van der Waals surface area contributed by atoms with Crippen molar-refractivity contribution in [3.8, 4) is 5.75 Å². The Labute approximate surface area is 83.6 Å². The van der Waals surface area contributed by atoms with Crippen LogP contribution in [-0.4, -0.2) is 14.7 Å². The molecule has 1 atom stereocenters. The summed E-state index contributed by atoms with van der Waals surface area (Å²) < 4.78 is 24.8. The van der Waals surface area contributed by atoms with Gasteiger partial charge in [0, 0.05) is 18.7 Å². The largest absolute Gasteiger partial charge is 0.740 e. The minimum absolute atomic E-state index is 0.157. The highest BCUT2D eigenvalue weighted by molar-refractivity contribution is 7.74. The number of nitrogens with one attached hydrogen (secondary N) is 1. The predicted octanol–water partition coefficient (Wildman–Crippen LogP) is 0.818. The Hall–Kier alpha value is -1.40. The van der Waals surface area contributed by atoms with Gasteiger partial charge in [0.05, 0.1) is 0 Å². The number of rotatable bonds is 3. The lowest BCUT2D eigenvalue weighted by molar-refractivity contribution is -0.114. The summed E-state index contributed by atoms with van der Waals surface area (Å²) in [6, 6.07) is 6.09. The van der Waals surface area contributed by atoms with Crippen LogP contribution in [0.2, 0.25) is 0 Å². The summed E-state index contributed by atoms with van der Waals surface area (Å²) in [5, 5.41) is 2.50. The molecule has 0 aromatic heterocycles. The molecule has 0 aliphatic rings. The first-order chi connectivity index (χ1) is 6.58. The van der Waals surface area contributed by atoms with Gasteiger partial charge in [-0.1, -0.05) is 6.07 Å². The highest BCUT2D eigenvalue weighted by Gasteiger charge is 1.98. The zero-order valence-corrected chi connectivity index (χ0v) is 8.17. The van der Waals surface area contributed by atoms with Gasteiger partial charge in [-0.3, -0.25) is 4.79 Å². The molecule has 1 aromatic carbocycles. The molecule has 0 spiro atoms. The summed E-state index contributed by atoms with van der Waals surface area (Å²) >= 11 is -2.60. The average Bonchev–Trinajstić information content (AvgIpc) is 2.01. The highest BCUT2D eigenvalue weighted by Crippen LogP contribution is 2.17. The first-order valence-corrected chi connectivity index (χ1v) is 4.73. The maximum atomic E-state index is 10.7. The molecule has 0 aliphatic heterocycles. The Kier molecular flexibility index (Phi) is 3.61. The summed E-state index contributed by atoms with van der Waals surface area (Å²) in [4.78, 5) is 10.7. The predicted molar refractivity (Wildman–Crippen MR) is 50.3 cm³/mol. The molecule has 0 saturated heterocycles. The number of carbonyl (C=O) groups is 1. The number of hydrogen-bond acceptors (Lipinski definition) is 4. The fourth-order valence-electron chi connectivity index (χ4n) is 0.908. The first-order valence-electron chi connectivity index (χ1n) is 3.73. The second kappa shape index (κ2) is 4.73. The number of anilines is 1. The summed E-state index contributed by atoms with van der Waals surface area (Å²) in [5.74, 6) is -0.0741. The lowest BCUT2D eigenvalue weighted by Crippen LogP contribution is -2.06. The van der Waals surface area contributed by atoms with E-state index in [1.807, 2.05) is 0 Å². The Morgan fingerprint density at radius 3 is 2.86 bits per heavy atom. The molecule has 0 radical (unpaired) electrons. The second-order valence-corrected chi connectivity index (χ2v) is 3.07. The first kappa shape index (κ1) is 10.7. The molecule has 0 bridgehead atoms.